The number of hydrogen-bond acceptors (Lipinski definition) is 2. The highest BCUT2D eigenvalue weighted by molar-refractivity contribution is 5.78. The predicted molar refractivity (Wildman–Crippen MR) is 88.2 cm³/mol. The van der Waals surface area contributed by atoms with Gasteiger partial charge in [0.2, 0.25) is 5.91 Å². The van der Waals surface area contributed by atoms with Gasteiger partial charge < -0.3 is 10.2 Å². The van der Waals surface area contributed by atoms with Crippen molar-refractivity contribution in [2.45, 2.75) is 84.7 Å². The fourth-order valence-electron chi connectivity index (χ4n) is 3.79. The Balaban J connectivity index is 1.75. The van der Waals surface area contributed by atoms with Crippen molar-refractivity contribution >= 4 is 5.91 Å². The minimum atomic E-state index is 0.138. The van der Waals surface area contributed by atoms with E-state index in [1.54, 1.807) is 0 Å². The largest absolute Gasteiger partial charge is 0.342 e. The standard InChI is InChI=1S/C18H34N2O/c1-14(2)17(21)20-12-8-16(9-13-20)19-15-6-5-10-18(3,4)11-7-15/h14-16,19H,5-13H2,1-4H3. The van der Waals surface area contributed by atoms with Gasteiger partial charge in [-0.3, -0.25) is 4.79 Å². The Morgan fingerprint density at radius 2 is 1.67 bits per heavy atom. The highest BCUT2D eigenvalue weighted by Crippen LogP contribution is 2.34. The molecule has 3 nitrogen and oxygen atoms in total. The maximum absolute atomic E-state index is 12.0. The predicted octanol–water partition coefficient (Wildman–Crippen LogP) is 3.58. The van der Waals surface area contributed by atoms with Gasteiger partial charge in [-0.15, -0.1) is 0 Å². The number of amides is 1. The monoisotopic (exact) mass is 294 g/mol. The van der Waals surface area contributed by atoms with Crippen molar-refractivity contribution in [2.24, 2.45) is 11.3 Å². The number of carbonyl (C=O) groups excluding carboxylic acids is 1. The van der Waals surface area contributed by atoms with E-state index in [1.807, 2.05) is 13.8 Å². The first-order valence-electron chi connectivity index (χ1n) is 8.92. The Hall–Kier alpha value is -0.570. The third kappa shape index (κ3) is 4.98. The molecule has 0 aromatic carbocycles. The Bertz CT molecular complexity index is 343. The van der Waals surface area contributed by atoms with Gasteiger partial charge in [0.15, 0.2) is 0 Å². The molecular formula is C18H34N2O. The van der Waals surface area contributed by atoms with E-state index in [1.165, 1.54) is 32.1 Å². The van der Waals surface area contributed by atoms with Crippen LogP contribution < -0.4 is 5.32 Å². The smallest absolute Gasteiger partial charge is 0.225 e. The first kappa shape index (κ1) is 16.8. The average molecular weight is 294 g/mol. The molecule has 0 radical (unpaired) electrons. The molecule has 0 bridgehead atoms. The fourth-order valence-corrected chi connectivity index (χ4v) is 3.79. The van der Waals surface area contributed by atoms with Crippen molar-refractivity contribution in [3.05, 3.63) is 0 Å². The molecule has 0 aromatic heterocycles. The minimum absolute atomic E-state index is 0.138. The van der Waals surface area contributed by atoms with Crippen molar-refractivity contribution in [3.8, 4) is 0 Å². The van der Waals surface area contributed by atoms with Crippen LogP contribution in [0.3, 0.4) is 0 Å². The van der Waals surface area contributed by atoms with Crippen LogP contribution in [0.5, 0.6) is 0 Å². The lowest BCUT2D eigenvalue weighted by molar-refractivity contribution is -0.135. The third-order valence-electron chi connectivity index (χ3n) is 5.35. The molecule has 1 aliphatic carbocycles. The average Bonchev–Trinajstić information content (AvgIpc) is 2.60. The normalized spacial score (nSPS) is 27.7. The van der Waals surface area contributed by atoms with E-state index in [0.29, 0.717) is 23.4 Å². The lowest BCUT2D eigenvalue weighted by atomic mass is 9.85. The van der Waals surface area contributed by atoms with Gasteiger partial charge in [-0.05, 0) is 43.9 Å². The molecule has 1 N–H and O–H groups in total. The quantitative estimate of drug-likeness (QED) is 0.807. The van der Waals surface area contributed by atoms with Gasteiger partial charge >= 0.3 is 0 Å². The summed E-state index contributed by atoms with van der Waals surface area (Å²) < 4.78 is 0. The number of nitrogens with zero attached hydrogens (tertiary/aromatic N) is 1. The molecule has 2 rings (SSSR count). The second-order valence-electron chi connectivity index (χ2n) is 8.21. The van der Waals surface area contributed by atoms with Crippen molar-refractivity contribution < 1.29 is 4.79 Å². The molecule has 1 saturated heterocycles. The first-order chi connectivity index (χ1) is 9.87. The zero-order chi connectivity index (χ0) is 15.5. The van der Waals surface area contributed by atoms with E-state index < -0.39 is 0 Å². The lowest BCUT2D eigenvalue weighted by Gasteiger charge is -2.35. The van der Waals surface area contributed by atoms with E-state index in [-0.39, 0.29) is 5.92 Å². The summed E-state index contributed by atoms with van der Waals surface area (Å²) in [6.45, 7) is 10.7. The molecule has 21 heavy (non-hydrogen) atoms. The van der Waals surface area contributed by atoms with Crippen LogP contribution in [0.15, 0.2) is 0 Å². The first-order valence-corrected chi connectivity index (χ1v) is 8.92. The van der Waals surface area contributed by atoms with Gasteiger partial charge in [-0.25, -0.2) is 0 Å². The second kappa shape index (κ2) is 7.13. The lowest BCUT2D eigenvalue weighted by Crippen LogP contribution is -2.48. The van der Waals surface area contributed by atoms with Crippen LogP contribution in [-0.4, -0.2) is 36.0 Å². The van der Waals surface area contributed by atoms with Crippen LogP contribution in [-0.2, 0) is 4.79 Å². The molecule has 2 aliphatic rings. The molecule has 0 aromatic rings. The summed E-state index contributed by atoms with van der Waals surface area (Å²) in [5, 5.41) is 3.89. The third-order valence-corrected chi connectivity index (χ3v) is 5.35. The summed E-state index contributed by atoms with van der Waals surface area (Å²) in [7, 11) is 0. The number of likely N-dealkylation sites (tertiary alicyclic amines) is 1. The number of rotatable bonds is 3. The SMILES string of the molecule is CC(C)C(=O)N1CCC(NC2CCCC(C)(C)CC2)CC1. The van der Waals surface area contributed by atoms with Gasteiger partial charge in [0, 0.05) is 31.1 Å². The number of hydrogen-bond donors (Lipinski definition) is 1. The summed E-state index contributed by atoms with van der Waals surface area (Å²) >= 11 is 0. The maximum atomic E-state index is 12.0. The molecule has 2 fully saturated rings. The summed E-state index contributed by atoms with van der Waals surface area (Å²) in [5.41, 5.74) is 0.531. The molecule has 1 unspecified atom stereocenters. The van der Waals surface area contributed by atoms with Gasteiger partial charge in [-0.1, -0.05) is 34.1 Å². The van der Waals surface area contributed by atoms with Crippen LogP contribution in [0.4, 0.5) is 0 Å². The Kier molecular flexibility index (Phi) is 5.70. The van der Waals surface area contributed by atoms with Gasteiger partial charge in [0.1, 0.15) is 0 Å². The summed E-state index contributed by atoms with van der Waals surface area (Å²) in [5.74, 6) is 0.461. The zero-order valence-electron chi connectivity index (χ0n) is 14.5. The van der Waals surface area contributed by atoms with Gasteiger partial charge in [0.25, 0.3) is 0 Å². The van der Waals surface area contributed by atoms with Crippen LogP contribution in [0.25, 0.3) is 0 Å². The van der Waals surface area contributed by atoms with E-state index in [0.717, 1.165) is 25.9 Å². The topological polar surface area (TPSA) is 32.3 Å². The highest BCUT2D eigenvalue weighted by Gasteiger charge is 2.28. The molecule has 3 heteroatoms. The summed E-state index contributed by atoms with van der Waals surface area (Å²) in [6, 6.07) is 1.32. The molecule has 122 valence electrons. The number of carbonyl (C=O) groups is 1. The Morgan fingerprint density at radius 3 is 2.29 bits per heavy atom. The second-order valence-corrected chi connectivity index (χ2v) is 8.21. The summed E-state index contributed by atoms with van der Waals surface area (Å²) in [4.78, 5) is 14.1. The van der Waals surface area contributed by atoms with Crippen LogP contribution in [0.2, 0.25) is 0 Å². The van der Waals surface area contributed by atoms with Crippen molar-refractivity contribution in [2.75, 3.05) is 13.1 Å². The van der Waals surface area contributed by atoms with E-state index in [9.17, 15) is 4.79 Å². The molecule has 1 heterocycles. The van der Waals surface area contributed by atoms with Gasteiger partial charge in [0.05, 0.1) is 0 Å². The Labute approximate surface area is 130 Å². The molecule has 1 atom stereocenters. The van der Waals surface area contributed by atoms with Crippen molar-refractivity contribution in [3.63, 3.8) is 0 Å². The highest BCUT2D eigenvalue weighted by atomic mass is 16.2. The number of piperidine rings is 1. The van der Waals surface area contributed by atoms with Crippen LogP contribution >= 0.6 is 0 Å². The van der Waals surface area contributed by atoms with Crippen molar-refractivity contribution in [1.82, 2.24) is 10.2 Å². The number of nitrogens with one attached hydrogen (secondary N) is 1. The fraction of sp³-hybridized carbons (Fsp3) is 0.944. The summed E-state index contributed by atoms with van der Waals surface area (Å²) in [6.07, 6.45) is 8.96. The Morgan fingerprint density at radius 1 is 1.05 bits per heavy atom. The molecule has 0 spiro atoms. The maximum Gasteiger partial charge on any atom is 0.225 e. The molecule has 1 aliphatic heterocycles. The minimum Gasteiger partial charge on any atom is -0.342 e. The van der Waals surface area contributed by atoms with Gasteiger partial charge in [-0.2, -0.15) is 0 Å². The molecule has 1 amide bonds. The van der Waals surface area contributed by atoms with Crippen LogP contribution in [0.1, 0.15) is 72.6 Å². The molecular weight excluding hydrogens is 260 g/mol. The van der Waals surface area contributed by atoms with E-state index in [2.05, 4.69) is 24.1 Å². The van der Waals surface area contributed by atoms with E-state index >= 15 is 0 Å². The molecule has 1 saturated carbocycles. The zero-order valence-corrected chi connectivity index (χ0v) is 14.5. The van der Waals surface area contributed by atoms with E-state index in [4.69, 9.17) is 0 Å². The van der Waals surface area contributed by atoms with Crippen molar-refractivity contribution in [1.29, 1.82) is 0 Å². The van der Waals surface area contributed by atoms with Crippen LogP contribution in [0, 0.1) is 11.3 Å².